The molecule has 1 fully saturated rings. The Morgan fingerprint density at radius 3 is 2.85 bits per heavy atom. The van der Waals surface area contributed by atoms with Crippen molar-refractivity contribution in [2.45, 2.75) is 25.5 Å². The molecule has 0 radical (unpaired) electrons. The number of nitrogens with zero attached hydrogens (tertiary/aromatic N) is 5. The molecule has 0 spiro atoms. The molecule has 5 rings (SSSR count). The molecule has 174 valence electrons. The summed E-state index contributed by atoms with van der Waals surface area (Å²) < 4.78 is 8.41. The number of hydrogen-bond donors (Lipinski definition) is 0. The second-order valence-electron chi connectivity index (χ2n) is 8.48. The summed E-state index contributed by atoms with van der Waals surface area (Å²) in [7, 11) is 3.77. The van der Waals surface area contributed by atoms with E-state index >= 15 is 0 Å². The summed E-state index contributed by atoms with van der Waals surface area (Å²) in [6.07, 6.45) is 8.12. The smallest absolute Gasteiger partial charge is 0.196 e. The van der Waals surface area contributed by atoms with Crippen molar-refractivity contribution in [3.05, 3.63) is 63.3 Å². The number of fused-ring (bicyclic) bond motifs is 2. The van der Waals surface area contributed by atoms with Gasteiger partial charge in [0.1, 0.15) is 11.7 Å². The predicted molar refractivity (Wildman–Crippen MR) is 138 cm³/mol. The van der Waals surface area contributed by atoms with Crippen molar-refractivity contribution in [2.24, 2.45) is 4.99 Å². The van der Waals surface area contributed by atoms with Crippen LogP contribution in [0.1, 0.15) is 41.4 Å². The van der Waals surface area contributed by atoms with Crippen LogP contribution < -0.4 is 0 Å². The maximum Gasteiger partial charge on any atom is 0.196 e. The average molecular weight is 541 g/mol. The molecule has 9 heteroatoms. The second kappa shape index (κ2) is 9.44. The van der Waals surface area contributed by atoms with Gasteiger partial charge in [0.25, 0.3) is 0 Å². The Balaban J connectivity index is 1.68. The number of pyridine rings is 1. The van der Waals surface area contributed by atoms with Gasteiger partial charge in [-0.1, -0.05) is 11.6 Å². The molecule has 2 aromatic heterocycles. The van der Waals surface area contributed by atoms with Gasteiger partial charge in [-0.2, -0.15) is 5.10 Å². The van der Waals surface area contributed by atoms with Crippen LogP contribution in [-0.2, 0) is 4.74 Å². The van der Waals surface area contributed by atoms with Crippen LogP contribution >= 0.6 is 27.5 Å². The Hall–Kier alpha value is -2.81. The molecule has 1 aliphatic heterocycles. The lowest BCUT2D eigenvalue weighted by Gasteiger charge is -2.22. The molecule has 0 saturated carbocycles. The first kappa shape index (κ1) is 23.0. The third-order valence-corrected chi connectivity index (χ3v) is 6.73. The third kappa shape index (κ3) is 4.21. The van der Waals surface area contributed by atoms with Gasteiger partial charge in [0.05, 0.1) is 28.1 Å². The number of carbonyl (C=O) groups excluding carboxylic acids is 1. The van der Waals surface area contributed by atoms with Gasteiger partial charge < -0.3 is 9.64 Å². The normalized spacial score (nSPS) is 16.5. The van der Waals surface area contributed by atoms with Crippen LogP contribution in [0.25, 0.3) is 21.8 Å². The Kier molecular flexibility index (Phi) is 6.38. The highest BCUT2D eigenvalue weighted by atomic mass is 79.9. The van der Waals surface area contributed by atoms with Gasteiger partial charge in [-0.3, -0.25) is 9.78 Å². The first-order valence-corrected chi connectivity index (χ1v) is 12.2. The van der Waals surface area contributed by atoms with E-state index < -0.39 is 0 Å². The Morgan fingerprint density at radius 1 is 1.24 bits per heavy atom. The van der Waals surface area contributed by atoms with Crippen molar-refractivity contribution in [2.75, 3.05) is 20.7 Å². The Labute approximate surface area is 210 Å². The van der Waals surface area contributed by atoms with E-state index in [1.807, 2.05) is 37.3 Å². The SMILES string of the molecule is CN(C)C=Nc1c(C(=O)c2ccc(Cl)c3nn(C4CCCCO4)cc23)cc(Br)c2ncccc12. The van der Waals surface area contributed by atoms with E-state index in [9.17, 15) is 4.79 Å². The minimum Gasteiger partial charge on any atom is -0.369 e. The van der Waals surface area contributed by atoms with Gasteiger partial charge in [-0.25, -0.2) is 9.67 Å². The summed E-state index contributed by atoms with van der Waals surface area (Å²) in [5.74, 6) is -0.164. The number of benzene rings is 2. The Bertz CT molecular complexity index is 1430. The summed E-state index contributed by atoms with van der Waals surface area (Å²) in [6.45, 7) is 0.701. The van der Waals surface area contributed by atoms with Crippen LogP contribution in [0, 0.1) is 0 Å². The van der Waals surface area contributed by atoms with E-state index in [0.29, 0.717) is 39.3 Å². The van der Waals surface area contributed by atoms with Crippen LogP contribution in [0.15, 0.2) is 52.2 Å². The summed E-state index contributed by atoms with van der Waals surface area (Å²) in [5.41, 5.74) is 2.87. The highest BCUT2D eigenvalue weighted by Gasteiger charge is 2.24. The van der Waals surface area contributed by atoms with Crippen molar-refractivity contribution in [3.8, 4) is 0 Å². The van der Waals surface area contributed by atoms with Gasteiger partial charge in [-0.15, -0.1) is 0 Å². The molecule has 1 unspecified atom stereocenters. The summed E-state index contributed by atoms with van der Waals surface area (Å²) in [5, 5.41) is 6.65. The van der Waals surface area contributed by atoms with Gasteiger partial charge in [-0.05, 0) is 65.5 Å². The second-order valence-corrected chi connectivity index (χ2v) is 9.74. The zero-order valence-corrected chi connectivity index (χ0v) is 21.2. The Morgan fingerprint density at radius 2 is 2.09 bits per heavy atom. The first-order valence-electron chi connectivity index (χ1n) is 11.1. The molecule has 0 aliphatic carbocycles. The summed E-state index contributed by atoms with van der Waals surface area (Å²) in [4.78, 5) is 24.9. The number of ether oxygens (including phenoxy) is 1. The van der Waals surface area contributed by atoms with Crippen LogP contribution in [0.3, 0.4) is 0 Å². The van der Waals surface area contributed by atoms with E-state index in [2.05, 4.69) is 31.0 Å². The standard InChI is InChI=1S/C25H23BrClN5O2/c1-31(2)14-29-22-16-6-5-10-28-23(16)19(26)12-17(22)25(33)15-8-9-20(27)24-18(15)13-32(30-24)21-7-3-4-11-34-21/h5-6,8-10,12-14,21H,3-4,7,11H2,1-2H3. The highest BCUT2D eigenvalue weighted by molar-refractivity contribution is 9.10. The molecule has 0 N–H and O–H groups in total. The molecule has 1 saturated heterocycles. The lowest BCUT2D eigenvalue weighted by molar-refractivity contribution is -0.0390. The zero-order chi connectivity index (χ0) is 23.8. The minimum atomic E-state index is -0.164. The predicted octanol–water partition coefficient (Wildman–Crippen LogP) is 6.15. The lowest BCUT2D eigenvalue weighted by Crippen LogP contribution is -2.18. The van der Waals surface area contributed by atoms with Gasteiger partial charge >= 0.3 is 0 Å². The van der Waals surface area contributed by atoms with Crippen molar-refractivity contribution in [3.63, 3.8) is 0 Å². The van der Waals surface area contributed by atoms with Crippen molar-refractivity contribution >= 4 is 67.1 Å². The molecular weight excluding hydrogens is 518 g/mol. The van der Waals surface area contributed by atoms with E-state index in [4.69, 9.17) is 16.3 Å². The van der Waals surface area contributed by atoms with Gasteiger partial charge in [0.15, 0.2) is 5.78 Å². The number of aromatic nitrogens is 3. The molecule has 2 aromatic carbocycles. The minimum absolute atomic E-state index is 0.152. The fourth-order valence-electron chi connectivity index (χ4n) is 4.19. The fourth-order valence-corrected chi connectivity index (χ4v) is 4.94. The zero-order valence-electron chi connectivity index (χ0n) is 18.8. The summed E-state index contributed by atoms with van der Waals surface area (Å²) in [6, 6.07) is 9.02. The highest BCUT2D eigenvalue weighted by Crippen LogP contribution is 2.37. The third-order valence-electron chi connectivity index (χ3n) is 5.82. The van der Waals surface area contributed by atoms with E-state index in [1.54, 1.807) is 35.4 Å². The number of hydrogen-bond acceptors (Lipinski definition) is 5. The molecule has 4 aromatic rings. The number of aliphatic imine (C=N–C) groups is 1. The monoisotopic (exact) mass is 539 g/mol. The maximum atomic E-state index is 14.0. The van der Waals surface area contributed by atoms with Crippen molar-refractivity contribution in [1.29, 1.82) is 0 Å². The number of rotatable bonds is 5. The summed E-state index contributed by atoms with van der Waals surface area (Å²) >= 11 is 10.1. The van der Waals surface area contributed by atoms with Gasteiger partial charge in [0.2, 0.25) is 0 Å². The van der Waals surface area contributed by atoms with Crippen LogP contribution in [-0.4, -0.2) is 52.5 Å². The molecule has 1 atom stereocenters. The molecule has 1 aliphatic rings. The van der Waals surface area contributed by atoms with E-state index in [1.165, 1.54) is 0 Å². The number of ketones is 1. The van der Waals surface area contributed by atoms with Crippen LogP contribution in [0.4, 0.5) is 5.69 Å². The van der Waals surface area contributed by atoms with E-state index in [0.717, 1.165) is 34.6 Å². The quantitative estimate of drug-likeness (QED) is 0.172. The molecule has 34 heavy (non-hydrogen) atoms. The average Bonchev–Trinajstić information content (AvgIpc) is 3.30. The van der Waals surface area contributed by atoms with Crippen LogP contribution in [0.5, 0.6) is 0 Å². The number of halogens is 2. The maximum absolute atomic E-state index is 14.0. The van der Waals surface area contributed by atoms with Crippen LogP contribution in [0.2, 0.25) is 5.02 Å². The fraction of sp³-hybridized carbons (Fsp3) is 0.280. The van der Waals surface area contributed by atoms with Gasteiger partial charge in [0, 0.05) is 53.9 Å². The van der Waals surface area contributed by atoms with Crippen molar-refractivity contribution < 1.29 is 9.53 Å². The van der Waals surface area contributed by atoms with Crippen molar-refractivity contribution in [1.82, 2.24) is 19.7 Å². The largest absolute Gasteiger partial charge is 0.369 e. The molecule has 7 nitrogen and oxygen atoms in total. The molecule has 3 heterocycles. The molecular formula is C25H23BrClN5O2. The molecule has 0 amide bonds. The molecule has 0 bridgehead atoms. The topological polar surface area (TPSA) is 72.6 Å². The van der Waals surface area contributed by atoms with E-state index in [-0.39, 0.29) is 12.0 Å². The number of carbonyl (C=O) groups is 1. The first-order chi connectivity index (χ1) is 16.4. The lowest BCUT2D eigenvalue weighted by atomic mass is 9.97.